The quantitative estimate of drug-likeness (QED) is 0.237. The van der Waals surface area contributed by atoms with Crippen molar-refractivity contribution >= 4 is 17.6 Å². The van der Waals surface area contributed by atoms with Crippen LogP contribution in [0.2, 0.25) is 0 Å². The highest BCUT2D eigenvalue weighted by Gasteiger charge is 2.18. The Bertz CT molecular complexity index is 1250. The van der Waals surface area contributed by atoms with Gasteiger partial charge in [0.15, 0.2) is 0 Å². The second kappa shape index (κ2) is 13.8. The average Bonchev–Trinajstić information content (AvgIpc) is 2.96. The zero-order chi connectivity index (χ0) is 26.6. The van der Waals surface area contributed by atoms with Gasteiger partial charge in [0.05, 0.1) is 0 Å². The van der Waals surface area contributed by atoms with Gasteiger partial charge < -0.3 is 15.5 Å². The highest BCUT2D eigenvalue weighted by molar-refractivity contribution is 5.90. The third-order valence-electron chi connectivity index (χ3n) is 6.66. The second-order valence-electron chi connectivity index (χ2n) is 9.41. The van der Waals surface area contributed by atoms with Gasteiger partial charge in [-0.2, -0.15) is 0 Å². The maximum Gasteiger partial charge on any atom is 0.322 e. The molecule has 38 heavy (non-hydrogen) atoms. The molecule has 0 saturated heterocycles. The molecule has 4 aromatic rings. The predicted molar refractivity (Wildman–Crippen MR) is 154 cm³/mol. The Labute approximate surface area is 225 Å². The number of carbonyl (C=O) groups excluding carboxylic acids is 2. The van der Waals surface area contributed by atoms with E-state index < -0.39 is 0 Å². The summed E-state index contributed by atoms with van der Waals surface area (Å²) in [6, 6.07) is 38.1. The summed E-state index contributed by atoms with van der Waals surface area (Å²) in [5.74, 6) is 0.138. The van der Waals surface area contributed by atoms with E-state index >= 15 is 0 Å². The number of anilines is 1. The molecule has 0 spiro atoms. The smallest absolute Gasteiger partial charge is 0.322 e. The Balaban J connectivity index is 1.35. The zero-order valence-electron chi connectivity index (χ0n) is 21.8. The maximum absolute atomic E-state index is 13.2. The van der Waals surface area contributed by atoms with Gasteiger partial charge >= 0.3 is 6.03 Å². The Morgan fingerprint density at radius 1 is 0.737 bits per heavy atom. The Morgan fingerprint density at radius 3 is 1.89 bits per heavy atom. The molecule has 0 radical (unpaired) electrons. The summed E-state index contributed by atoms with van der Waals surface area (Å²) in [6.45, 7) is 3.26. The number of aryl methyl sites for hydroxylation is 1. The van der Waals surface area contributed by atoms with E-state index in [0.29, 0.717) is 19.6 Å². The number of carbonyl (C=O) groups is 2. The van der Waals surface area contributed by atoms with Crippen LogP contribution in [0.1, 0.15) is 41.0 Å². The van der Waals surface area contributed by atoms with Crippen molar-refractivity contribution < 1.29 is 9.59 Å². The molecule has 5 nitrogen and oxygen atoms in total. The fraction of sp³-hybridized carbons (Fsp3) is 0.212. The molecular formula is C33H35N3O2. The first-order chi connectivity index (χ1) is 18.6. The summed E-state index contributed by atoms with van der Waals surface area (Å²) in [5, 5.41) is 6.08. The van der Waals surface area contributed by atoms with E-state index in [1.165, 1.54) is 11.1 Å². The van der Waals surface area contributed by atoms with E-state index in [2.05, 4.69) is 34.9 Å². The molecule has 4 aromatic carbocycles. The Morgan fingerprint density at radius 2 is 1.29 bits per heavy atom. The highest BCUT2D eigenvalue weighted by atomic mass is 16.2. The first kappa shape index (κ1) is 26.7. The number of hydrogen-bond acceptors (Lipinski definition) is 2. The third kappa shape index (κ3) is 7.81. The van der Waals surface area contributed by atoms with E-state index in [1.54, 1.807) is 4.90 Å². The number of amides is 3. The molecule has 0 unspecified atom stereocenters. The van der Waals surface area contributed by atoms with Crippen LogP contribution in [0, 0.1) is 6.92 Å². The van der Waals surface area contributed by atoms with Crippen LogP contribution in [0.15, 0.2) is 115 Å². The topological polar surface area (TPSA) is 61.4 Å². The number of urea groups is 1. The van der Waals surface area contributed by atoms with Crippen molar-refractivity contribution in [3.63, 3.8) is 0 Å². The molecule has 0 aliphatic carbocycles. The SMILES string of the molecule is Cc1ccccc1NC(=O)N(CCC(=O)NCCC(c1ccccc1)c1ccccc1)Cc1ccccc1. The number of rotatable bonds is 11. The van der Waals surface area contributed by atoms with Crippen LogP contribution in [0.4, 0.5) is 10.5 Å². The van der Waals surface area contributed by atoms with Crippen LogP contribution in [-0.2, 0) is 11.3 Å². The molecule has 2 N–H and O–H groups in total. The minimum absolute atomic E-state index is 0.0633. The van der Waals surface area contributed by atoms with E-state index in [1.807, 2.05) is 97.9 Å². The van der Waals surface area contributed by atoms with Gasteiger partial charge in [0.1, 0.15) is 0 Å². The van der Waals surface area contributed by atoms with Crippen molar-refractivity contribution in [2.24, 2.45) is 0 Å². The lowest BCUT2D eigenvalue weighted by atomic mass is 9.88. The number of benzene rings is 4. The summed E-state index contributed by atoms with van der Waals surface area (Å²) >= 11 is 0. The summed E-state index contributed by atoms with van der Waals surface area (Å²) in [7, 11) is 0. The zero-order valence-corrected chi connectivity index (χ0v) is 21.8. The third-order valence-corrected chi connectivity index (χ3v) is 6.66. The number of nitrogens with zero attached hydrogens (tertiary/aromatic N) is 1. The van der Waals surface area contributed by atoms with Gasteiger partial charge in [0.2, 0.25) is 5.91 Å². The van der Waals surface area contributed by atoms with Crippen LogP contribution in [-0.4, -0.2) is 29.9 Å². The van der Waals surface area contributed by atoms with E-state index in [-0.39, 0.29) is 24.3 Å². The standard InChI is InChI=1S/C33H35N3O2/c1-26-13-11-12-20-31(26)35-33(38)36(25-27-14-5-2-6-15-27)24-22-32(37)34-23-21-30(28-16-7-3-8-17-28)29-18-9-4-10-19-29/h2-20,30H,21-25H2,1H3,(H,34,37)(H,35,38). The lowest BCUT2D eigenvalue weighted by Gasteiger charge is -2.24. The average molecular weight is 506 g/mol. The number of para-hydroxylation sites is 1. The molecule has 0 bridgehead atoms. The van der Waals surface area contributed by atoms with E-state index in [4.69, 9.17) is 0 Å². The van der Waals surface area contributed by atoms with Gasteiger partial charge in [-0.25, -0.2) is 4.79 Å². The molecule has 194 valence electrons. The van der Waals surface area contributed by atoms with Crippen molar-refractivity contribution in [1.29, 1.82) is 0 Å². The van der Waals surface area contributed by atoms with Crippen LogP contribution >= 0.6 is 0 Å². The normalized spacial score (nSPS) is 10.7. The molecule has 0 heterocycles. The predicted octanol–water partition coefficient (Wildman–Crippen LogP) is 6.76. The molecule has 0 aliphatic rings. The minimum atomic E-state index is -0.218. The van der Waals surface area contributed by atoms with Gasteiger partial charge in [0.25, 0.3) is 0 Å². The molecule has 0 fully saturated rings. The molecule has 0 aliphatic heterocycles. The molecule has 0 saturated carbocycles. The van der Waals surface area contributed by atoms with Crippen LogP contribution < -0.4 is 10.6 Å². The van der Waals surface area contributed by atoms with E-state index in [9.17, 15) is 9.59 Å². The summed E-state index contributed by atoms with van der Waals surface area (Å²) in [4.78, 5) is 27.7. The van der Waals surface area contributed by atoms with Gasteiger partial charge in [-0.3, -0.25) is 4.79 Å². The summed E-state index contributed by atoms with van der Waals surface area (Å²) in [5.41, 5.74) is 5.24. The molecule has 0 aromatic heterocycles. The fourth-order valence-corrected chi connectivity index (χ4v) is 4.54. The minimum Gasteiger partial charge on any atom is -0.356 e. The van der Waals surface area contributed by atoms with Crippen molar-refractivity contribution in [3.05, 3.63) is 138 Å². The van der Waals surface area contributed by atoms with Crippen molar-refractivity contribution in [1.82, 2.24) is 10.2 Å². The first-order valence-corrected chi connectivity index (χ1v) is 13.1. The van der Waals surface area contributed by atoms with Crippen LogP contribution in [0.5, 0.6) is 0 Å². The van der Waals surface area contributed by atoms with Gasteiger partial charge in [-0.05, 0) is 41.7 Å². The monoisotopic (exact) mass is 505 g/mol. The maximum atomic E-state index is 13.2. The second-order valence-corrected chi connectivity index (χ2v) is 9.41. The molecular weight excluding hydrogens is 470 g/mol. The Hall–Kier alpha value is -4.38. The van der Waals surface area contributed by atoms with Crippen LogP contribution in [0.3, 0.4) is 0 Å². The molecule has 4 rings (SSSR count). The first-order valence-electron chi connectivity index (χ1n) is 13.1. The number of nitrogens with one attached hydrogen (secondary N) is 2. The van der Waals surface area contributed by atoms with Crippen molar-refractivity contribution in [2.45, 2.75) is 32.2 Å². The van der Waals surface area contributed by atoms with Crippen LogP contribution in [0.25, 0.3) is 0 Å². The largest absolute Gasteiger partial charge is 0.356 e. The lowest BCUT2D eigenvalue weighted by Crippen LogP contribution is -2.38. The van der Waals surface area contributed by atoms with Gasteiger partial charge in [0, 0.05) is 37.7 Å². The summed E-state index contributed by atoms with van der Waals surface area (Å²) in [6.07, 6.45) is 1.02. The van der Waals surface area contributed by atoms with E-state index in [0.717, 1.165) is 23.2 Å². The van der Waals surface area contributed by atoms with Gasteiger partial charge in [-0.1, -0.05) is 109 Å². The Kier molecular flexibility index (Phi) is 9.69. The van der Waals surface area contributed by atoms with Crippen molar-refractivity contribution in [2.75, 3.05) is 18.4 Å². The fourth-order valence-electron chi connectivity index (χ4n) is 4.54. The number of hydrogen-bond donors (Lipinski definition) is 2. The van der Waals surface area contributed by atoms with Crippen molar-refractivity contribution in [3.8, 4) is 0 Å². The van der Waals surface area contributed by atoms with Gasteiger partial charge in [-0.15, -0.1) is 0 Å². The summed E-state index contributed by atoms with van der Waals surface area (Å²) < 4.78 is 0. The molecule has 3 amide bonds. The highest BCUT2D eigenvalue weighted by Crippen LogP contribution is 2.27. The lowest BCUT2D eigenvalue weighted by molar-refractivity contribution is -0.121. The molecule has 5 heteroatoms. The molecule has 0 atom stereocenters.